The van der Waals surface area contributed by atoms with Gasteiger partial charge in [0.15, 0.2) is 0 Å². The van der Waals surface area contributed by atoms with Gasteiger partial charge in [-0.2, -0.15) is 0 Å². The molecule has 2 aromatic rings. The van der Waals surface area contributed by atoms with Crippen LogP contribution in [-0.2, 0) is 10.0 Å². The summed E-state index contributed by atoms with van der Waals surface area (Å²) in [6, 6.07) is 11.4. The van der Waals surface area contributed by atoms with Crippen molar-refractivity contribution in [2.24, 2.45) is 5.73 Å². The van der Waals surface area contributed by atoms with Gasteiger partial charge in [-0.15, -0.1) is 0 Å². The largest absolute Gasteiger partial charge is 0.389 e. The molecule has 2 rings (SSSR count). The lowest BCUT2D eigenvalue weighted by Gasteiger charge is -2.10. The van der Waals surface area contributed by atoms with Crippen LogP contribution in [0.3, 0.4) is 0 Å². The molecule has 0 unspecified atom stereocenters. The molecule has 0 aliphatic heterocycles. The van der Waals surface area contributed by atoms with Crippen LogP contribution >= 0.6 is 28.1 Å². The topological polar surface area (TPSA) is 72.2 Å². The van der Waals surface area contributed by atoms with E-state index in [1.807, 2.05) is 6.92 Å². The van der Waals surface area contributed by atoms with Crippen molar-refractivity contribution in [1.82, 2.24) is 0 Å². The van der Waals surface area contributed by atoms with E-state index in [1.54, 1.807) is 30.3 Å². The molecule has 0 amide bonds. The number of rotatable bonds is 4. The summed E-state index contributed by atoms with van der Waals surface area (Å²) in [5.74, 6) is 0. The van der Waals surface area contributed by atoms with Gasteiger partial charge in [0.2, 0.25) is 0 Å². The van der Waals surface area contributed by atoms with Crippen molar-refractivity contribution in [3.63, 3.8) is 0 Å². The Balaban J connectivity index is 2.29. The highest BCUT2D eigenvalue weighted by Gasteiger charge is 2.14. The molecule has 0 saturated carbocycles. The molecule has 0 heterocycles. The highest BCUT2D eigenvalue weighted by Crippen LogP contribution is 2.22. The van der Waals surface area contributed by atoms with Gasteiger partial charge in [0.05, 0.1) is 4.90 Å². The molecule has 110 valence electrons. The Bertz CT molecular complexity index is 787. The molecule has 0 bridgehead atoms. The van der Waals surface area contributed by atoms with Crippen LogP contribution in [0, 0.1) is 6.92 Å². The number of nitrogens with one attached hydrogen (secondary N) is 1. The summed E-state index contributed by atoms with van der Waals surface area (Å²) in [4.78, 5) is 0.388. The summed E-state index contributed by atoms with van der Waals surface area (Å²) < 4.78 is 28.0. The first-order valence-corrected chi connectivity index (χ1v) is 8.67. The van der Waals surface area contributed by atoms with Crippen LogP contribution in [0.4, 0.5) is 5.69 Å². The third-order valence-electron chi connectivity index (χ3n) is 2.86. The minimum atomic E-state index is -3.63. The number of aryl methyl sites for hydroxylation is 1. The van der Waals surface area contributed by atoms with Crippen molar-refractivity contribution in [3.8, 4) is 0 Å². The van der Waals surface area contributed by atoms with Crippen LogP contribution < -0.4 is 10.5 Å². The third-order valence-corrected chi connectivity index (χ3v) is 5.38. The monoisotopic (exact) mass is 384 g/mol. The van der Waals surface area contributed by atoms with Gasteiger partial charge in [0, 0.05) is 15.7 Å². The Labute approximate surface area is 137 Å². The van der Waals surface area contributed by atoms with Gasteiger partial charge in [-0.05, 0) is 42.8 Å². The van der Waals surface area contributed by atoms with Crippen LogP contribution in [0.25, 0.3) is 0 Å². The molecule has 3 N–H and O–H groups in total. The number of anilines is 1. The predicted molar refractivity (Wildman–Crippen MR) is 92.0 cm³/mol. The molecule has 0 saturated heterocycles. The van der Waals surface area contributed by atoms with Crippen LogP contribution in [-0.4, -0.2) is 13.4 Å². The Morgan fingerprint density at radius 3 is 2.33 bits per heavy atom. The Hall–Kier alpha value is -1.44. The van der Waals surface area contributed by atoms with Gasteiger partial charge in [-0.1, -0.05) is 40.3 Å². The Morgan fingerprint density at radius 1 is 1.19 bits per heavy atom. The van der Waals surface area contributed by atoms with Crippen molar-refractivity contribution < 1.29 is 8.42 Å². The maximum absolute atomic E-state index is 12.3. The molecule has 0 aromatic heterocycles. The van der Waals surface area contributed by atoms with Crippen LogP contribution in [0.1, 0.15) is 11.1 Å². The number of thiocarbonyl (C=S) groups is 1. The Morgan fingerprint density at radius 2 is 1.81 bits per heavy atom. The first kappa shape index (κ1) is 15.9. The van der Waals surface area contributed by atoms with E-state index < -0.39 is 10.0 Å². The van der Waals surface area contributed by atoms with Gasteiger partial charge in [0.1, 0.15) is 4.99 Å². The van der Waals surface area contributed by atoms with Crippen molar-refractivity contribution in [2.75, 3.05) is 4.72 Å². The fourth-order valence-electron chi connectivity index (χ4n) is 1.72. The van der Waals surface area contributed by atoms with E-state index in [0.717, 1.165) is 10.0 Å². The minimum absolute atomic E-state index is 0.156. The van der Waals surface area contributed by atoms with E-state index in [2.05, 4.69) is 20.7 Å². The normalized spacial score (nSPS) is 11.1. The second-order valence-electron chi connectivity index (χ2n) is 4.46. The van der Waals surface area contributed by atoms with Crippen molar-refractivity contribution in [2.45, 2.75) is 11.8 Å². The molecule has 4 nitrogen and oxygen atoms in total. The zero-order valence-corrected chi connectivity index (χ0v) is 14.3. The molecular formula is C14H13BrN2O2S2. The van der Waals surface area contributed by atoms with Gasteiger partial charge >= 0.3 is 0 Å². The maximum Gasteiger partial charge on any atom is 0.261 e. The number of hydrogen-bond acceptors (Lipinski definition) is 3. The molecule has 21 heavy (non-hydrogen) atoms. The predicted octanol–water partition coefficient (Wildman–Crippen LogP) is 3.19. The lowest BCUT2D eigenvalue weighted by molar-refractivity contribution is 0.601. The summed E-state index contributed by atoms with van der Waals surface area (Å²) in [5, 5.41) is 0. The fourth-order valence-corrected chi connectivity index (χ4v) is 3.15. The van der Waals surface area contributed by atoms with Crippen molar-refractivity contribution >= 4 is 48.8 Å². The highest BCUT2D eigenvalue weighted by molar-refractivity contribution is 9.10. The lowest BCUT2D eigenvalue weighted by atomic mass is 10.2. The smallest absolute Gasteiger partial charge is 0.261 e. The first-order chi connectivity index (χ1) is 9.79. The summed E-state index contributed by atoms with van der Waals surface area (Å²) >= 11 is 8.21. The van der Waals surface area contributed by atoms with E-state index in [0.29, 0.717) is 11.3 Å². The van der Waals surface area contributed by atoms with E-state index in [4.69, 9.17) is 18.0 Å². The summed E-state index contributed by atoms with van der Waals surface area (Å²) in [6.07, 6.45) is 0. The van der Waals surface area contributed by atoms with E-state index in [9.17, 15) is 8.42 Å². The SMILES string of the molecule is Cc1cc(NS(=O)(=O)c2ccc(C(N)=S)cc2)ccc1Br. The summed E-state index contributed by atoms with van der Waals surface area (Å²) in [6.45, 7) is 1.89. The molecule has 0 atom stereocenters. The fraction of sp³-hybridized carbons (Fsp3) is 0.0714. The van der Waals surface area contributed by atoms with E-state index >= 15 is 0 Å². The van der Waals surface area contributed by atoms with Gasteiger partial charge in [-0.25, -0.2) is 8.42 Å². The number of nitrogens with two attached hydrogens (primary N) is 1. The van der Waals surface area contributed by atoms with Crippen LogP contribution in [0.2, 0.25) is 0 Å². The number of sulfonamides is 1. The van der Waals surface area contributed by atoms with Gasteiger partial charge < -0.3 is 5.73 Å². The summed E-state index contributed by atoms with van der Waals surface area (Å²) in [5.41, 5.74) is 7.57. The second-order valence-corrected chi connectivity index (χ2v) is 7.43. The molecule has 2 aromatic carbocycles. The molecule has 0 aliphatic rings. The van der Waals surface area contributed by atoms with Crippen molar-refractivity contribution in [3.05, 3.63) is 58.1 Å². The quantitative estimate of drug-likeness (QED) is 0.793. The van der Waals surface area contributed by atoms with Gasteiger partial charge in [0.25, 0.3) is 10.0 Å². The van der Waals surface area contributed by atoms with E-state index in [1.165, 1.54) is 12.1 Å². The summed E-state index contributed by atoms with van der Waals surface area (Å²) in [7, 11) is -3.63. The zero-order chi connectivity index (χ0) is 15.6. The number of hydrogen-bond donors (Lipinski definition) is 2. The zero-order valence-electron chi connectivity index (χ0n) is 11.1. The third kappa shape index (κ3) is 3.81. The maximum atomic E-state index is 12.3. The molecular weight excluding hydrogens is 372 g/mol. The number of halogens is 1. The molecule has 0 radical (unpaired) electrons. The Kier molecular flexibility index (Phi) is 4.65. The van der Waals surface area contributed by atoms with Crippen molar-refractivity contribution in [1.29, 1.82) is 0 Å². The van der Waals surface area contributed by atoms with E-state index in [-0.39, 0.29) is 9.88 Å². The molecule has 7 heteroatoms. The average Bonchev–Trinajstić information content (AvgIpc) is 2.43. The highest BCUT2D eigenvalue weighted by atomic mass is 79.9. The molecule has 0 aliphatic carbocycles. The first-order valence-electron chi connectivity index (χ1n) is 5.98. The molecule has 0 spiro atoms. The van der Waals surface area contributed by atoms with Crippen LogP contribution in [0.15, 0.2) is 51.8 Å². The molecule has 0 fully saturated rings. The second kappa shape index (κ2) is 6.13. The standard InChI is InChI=1S/C14H13BrN2O2S2/c1-9-8-11(4-7-13(9)15)17-21(18,19)12-5-2-10(3-6-12)14(16)20/h2-8,17H,1H3,(H2,16,20). The lowest BCUT2D eigenvalue weighted by Crippen LogP contribution is -2.14. The minimum Gasteiger partial charge on any atom is -0.389 e. The number of benzene rings is 2. The van der Waals surface area contributed by atoms with Gasteiger partial charge in [-0.3, -0.25) is 4.72 Å². The van der Waals surface area contributed by atoms with Crippen LogP contribution in [0.5, 0.6) is 0 Å². The average molecular weight is 385 g/mol.